The van der Waals surface area contributed by atoms with Crippen molar-refractivity contribution in [2.24, 2.45) is 0 Å². The number of aromatic nitrogens is 2. The van der Waals surface area contributed by atoms with Crippen molar-refractivity contribution in [2.45, 2.75) is 49.0 Å². The van der Waals surface area contributed by atoms with Gasteiger partial charge in [0.2, 0.25) is 15.9 Å². The average molecular weight is 459 g/mol. The number of hydrogen-bond acceptors (Lipinski definition) is 5. The Hall–Kier alpha value is -2.62. The van der Waals surface area contributed by atoms with Crippen LogP contribution in [-0.2, 0) is 14.8 Å². The number of carbonyl (C=O) groups excluding carboxylic acids is 1. The van der Waals surface area contributed by atoms with E-state index < -0.39 is 15.3 Å². The second-order valence-electron chi connectivity index (χ2n) is 7.47. The van der Waals surface area contributed by atoms with Crippen molar-refractivity contribution in [1.29, 1.82) is 0 Å². The van der Waals surface area contributed by atoms with Crippen molar-refractivity contribution >= 4 is 33.4 Å². The van der Waals surface area contributed by atoms with Crippen molar-refractivity contribution in [1.82, 2.24) is 14.3 Å². The lowest BCUT2D eigenvalue weighted by molar-refractivity contribution is -0.115. The third kappa shape index (κ3) is 5.96. The number of nitrogens with one attached hydrogen (secondary N) is 2. The number of imidazole rings is 1. The first kappa shape index (κ1) is 23.1. The lowest BCUT2D eigenvalue weighted by atomic mass is 10.2. The van der Waals surface area contributed by atoms with E-state index in [4.69, 9.17) is 0 Å². The molecule has 9 heteroatoms. The Labute approximate surface area is 187 Å². The molecule has 0 aliphatic carbocycles. The molecule has 0 bridgehead atoms. The molecular weight excluding hydrogens is 432 g/mol. The standard InChI is InChI=1S/C22H26N4O3S2/c1-15(2)25-31(28,29)20-10-8-18(9-11-20)24-21(27)17(4)30-22-23-12-13-26(22)19-7-5-6-16(3)14-19/h5-15,17,25H,1-4H3,(H,24,27). The summed E-state index contributed by atoms with van der Waals surface area (Å²) in [5.74, 6) is -0.195. The second kappa shape index (κ2) is 9.67. The maximum absolute atomic E-state index is 12.7. The summed E-state index contributed by atoms with van der Waals surface area (Å²) in [6, 6.07) is 14.0. The van der Waals surface area contributed by atoms with E-state index in [1.165, 1.54) is 23.9 Å². The Morgan fingerprint density at radius 2 is 1.81 bits per heavy atom. The lowest BCUT2D eigenvalue weighted by Gasteiger charge is -2.14. The van der Waals surface area contributed by atoms with Gasteiger partial charge in [-0.3, -0.25) is 9.36 Å². The lowest BCUT2D eigenvalue weighted by Crippen LogP contribution is -2.30. The number of amides is 1. The van der Waals surface area contributed by atoms with Gasteiger partial charge in [-0.2, -0.15) is 0 Å². The number of benzene rings is 2. The molecule has 0 saturated heterocycles. The van der Waals surface area contributed by atoms with Gasteiger partial charge in [-0.15, -0.1) is 0 Å². The van der Waals surface area contributed by atoms with Crippen LogP contribution >= 0.6 is 11.8 Å². The molecule has 3 aromatic rings. The average Bonchev–Trinajstić information content (AvgIpc) is 3.15. The normalized spacial score (nSPS) is 12.7. The first-order valence-corrected chi connectivity index (χ1v) is 12.2. The number of carbonyl (C=O) groups is 1. The molecule has 1 amide bonds. The quantitative estimate of drug-likeness (QED) is 0.498. The Bertz CT molecular complexity index is 1160. The minimum atomic E-state index is -3.57. The molecule has 164 valence electrons. The van der Waals surface area contributed by atoms with Crippen molar-refractivity contribution < 1.29 is 13.2 Å². The maximum Gasteiger partial charge on any atom is 0.240 e. The van der Waals surface area contributed by atoms with Gasteiger partial charge < -0.3 is 5.32 Å². The molecule has 1 heterocycles. The van der Waals surface area contributed by atoms with Gasteiger partial charge in [-0.25, -0.2) is 18.1 Å². The Morgan fingerprint density at radius 3 is 2.45 bits per heavy atom. The molecule has 0 spiro atoms. The fraction of sp³-hybridized carbons (Fsp3) is 0.273. The number of hydrogen-bond donors (Lipinski definition) is 2. The molecule has 0 fully saturated rings. The summed E-state index contributed by atoms with van der Waals surface area (Å²) in [5.41, 5.74) is 2.66. The molecule has 31 heavy (non-hydrogen) atoms. The zero-order chi connectivity index (χ0) is 22.6. The van der Waals surface area contributed by atoms with Crippen molar-refractivity contribution in [3.63, 3.8) is 0 Å². The third-order valence-electron chi connectivity index (χ3n) is 4.36. The molecule has 3 rings (SSSR count). The summed E-state index contributed by atoms with van der Waals surface area (Å²) < 4.78 is 28.9. The van der Waals surface area contributed by atoms with Crippen LogP contribution in [0, 0.1) is 6.92 Å². The number of thioether (sulfide) groups is 1. The van der Waals surface area contributed by atoms with E-state index in [1.807, 2.05) is 35.9 Å². The van der Waals surface area contributed by atoms with Crippen LogP contribution in [0.2, 0.25) is 0 Å². The minimum Gasteiger partial charge on any atom is -0.325 e. The maximum atomic E-state index is 12.7. The highest BCUT2D eigenvalue weighted by atomic mass is 32.2. The first-order valence-electron chi connectivity index (χ1n) is 9.86. The Morgan fingerprint density at radius 1 is 1.10 bits per heavy atom. The SMILES string of the molecule is Cc1cccc(-n2ccnc2SC(C)C(=O)Nc2ccc(S(=O)(=O)NC(C)C)cc2)c1. The van der Waals surface area contributed by atoms with Gasteiger partial charge in [0.15, 0.2) is 5.16 Å². The molecule has 2 aromatic carbocycles. The number of nitrogens with zero attached hydrogens (tertiary/aromatic N) is 2. The van der Waals surface area contributed by atoms with Gasteiger partial charge in [-0.05, 0) is 69.7 Å². The van der Waals surface area contributed by atoms with E-state index in [1.54, 1.807) is 39.1 Å². The predicted molar refractivity (Wildman–Crippen MR) is 124 cm³/mol. The van der Waals surface area contributed by atoms with Gasteiger partial charge >= 0.3 is 0 Å². The van der Waals surface area contributed by atoms with Crippen molar-refractivity contribution in [2.75, 3.05) is 5.32 Å². The summed E-state index contributed by atoms with van der Waals surface area (Å²) in [7, 11) is -3.57. The summed E-state index contributed by atoms with van der Waals surface area (Å²) in [6.45, 7) is 7.35. The Kier molecular flexibility index (Phi) is 7.19. The van der Waals surface area contributed by atoms with Crippen molar-refractivity contribution in [3.8, 4) is 5.69 Å². The van der Waals surface area contributed by atoms with E-state index in [-0.39, 0.29) is 16.8 Å². The number of aryl methyl sites for hydroxylation is 1. The van der Waals surface area contributed by atoms with E-state index in [0.29, 0.717) is 5.69 Å². The first-order chi connectivity index (χ1) is 14.7. The van der Waals surface area contributed by atoms with Crippen LogP contribution < -0.4 is 10.0 Å². The van der Waals surface area contributed by atoms with Gasteiger partial charge in [0, 0.05) is 29.8 Å². The van der Waals surface area contributed by atoms with E-state index in [0.717, 1.165) is 16.4 Å². The molecule has 7 nitrogen and oxygen atoms in total. The van der Waals surface area contributed by atoms with E-state index in [9.17, 15) is 13.2 Å². The van der Waals surface area contributed by atoms with Gasteiger partial charge in [0.1, 0.15) is 0 Å². The topological polar surface area (TPSA) is 93.1 Å². The van der Waals surface area contributed by atoms with E-state index in [2.05, 4.69) is 21.1 Å². The van der Waals surface area contributed by atoms with Gasteiger partial charge in [0.05, 0.1) is 10.1 Å². The molecule has 2 N–H and O–H groups in total. The van der Waals surface area contributed by atoms with Crippen LogP contribution in [0.3, 0.4) is 0 Å². The van der Waals surface area contributed by atoms with Gasteiger partial charge in [-0.1, -0.05) is 23.9 Å². The second-order valence-corrected chi connectivity index (χ2v) is 10.5. The van der Waals surface area contributed by atoms with Crippen LogP contribution in [0.25, 0.3) is 5.69 Å². The predicted octanol–water partition coefficient (Wildman–Crippen LogP) is 3.99. The Balaban J connectivity index is 1.66. The van der Waals surface area contributed by atoms with Crippen LogP contribution in [0.1, 0.15) is 26.3 Å². The molecule has 0 aliphatic heterocycles. The zero-order valence-corrected chi connectivity index (χ0v) is 19.5. The highest BCUT2D eigenvalue weighted by molar-refractivity contribution is 8.00. The third-order valence-corrected chi connectivity index (χ3v) is 7.12. The van der Waals surface area contributed by atoms with Crippen molar-refractivity contribution in [3.05, 3.63) is 66.5 Å². The van der Waals surface area contributed by atoms with E-state index >= 15 is 0 Å². The van der Waals surface area contributed by atoms with Crippen LogP contribution in [-0.4, -0.2) is 35.2 Å². The molecule has 1 unspecified atom stereocenters. The fourth-order valence-corrected chi connectivity index (χ4v) is 5.04. The molecule has 1 aromatic heterocycles. The highest BCUT2D eigenvalue weighted by Gasteiger charge is 2.19. The molecular formula is C22H26N4O3S2. The summed E-state index contributed by atoms with van der Waals surface area (Å²) in [4.78, 5) is 17.2. The largest absolute Gasteiger partial charge is 0.325 e. The molecule has 0 saturated carbocycles. The van der Waals surface area contributed by atoms with Crippen LogP contribution in [0.5, 0.6) is 0 Å². The highest BCUT2D eigenvalue weighted by Crippen LogP contribution is 2.26. The summed E-state index contributed by atoms with van der Waals surface area (Å²) in [6.07, 6.45) is 3.58. The number of anilines is 1. The van der Waals surface area contributed by atoms with Crippen LogP contribution in [0.15, 0.2) is 71.0 Å². The zero-order valence-electron chi connectivity index (χ0n) is 17.9. The summed E-state index contributed by atoms with van der Waals surface area (Å²) in [5, 5.41) is 3.14. The molecule has 0 radical (unpaired) electrons. The smallest absolute Gasteiger partial charge is 0.240 e. The summed E-state index contributed by atoms with van der Waals surface area (Å²) >= 11 is 1.35. The molecule has 0 aliphatic rings. The number of sulfonamides is 1. The minimum absolute atomic E-state index is 0.154. The van der Waals surface area contributed by atoms with Crippen LogP contribution in [0.4, 0.5) is 5.69 Å². The fourth-order valence-electron chi connectivity index (χ4n) is 2.90. The molecule has 1 atom stereocenters. The number of rotatable bonds is 8. The van der Waals surface area contributed by atoms with Gasteiger partial charge in [0.25, 0.3) is 0 Å². The monoisotopic (exact) mass is 458 g/mol.